The molecule has 0 aromatic rings. The van der Waals surface area contributed by atoms with Crippen LogP contribution in [0.4, 0.5) is 4.79 Å². The number of carbonyl (C=O) groups is 1. The smallest absolute Gasteiger partial charge is 0.406 e. The van der Waals surface area contributed by atoms with E-state index in [4.69, 9.17) is 4.74 Å². The van der Waals surface area contributed by atoms with E-state index in [1.807, 2.05) is 0 Å². The molecule has 1 amide bonds. The minimum Gasteiger partial charge on any atom is -0.450 e. The fourth-order valence-electron chi connectivity index (χ4n) is 1.94. The van der Waals surface area contributed by atoms with Crippen LogP contribution in [0.3, 0.4) is 0 Å². The van der Waals surface area contributed by atoms with Crippen molar-refractivity contribution in [2.75, 3.05) is 13.7 Å². The second-order valence-electron chi connectivity index (χ2n) is 5.17. The summed E-state index contributed by atoms with van der Waals surface area (Å²) < 4.78 is 5.01. The molecule has 1 fully saturated rings. The lowest BCUT2D eigenvalue weighted by atomic mass is 9.76. The fourth-order valence-corrected chi connectivity index (χ4v) is 1.94. The summed E-state index contributed by atoms with van der Waals surface area (Å²) in [5, 5.41) is 2.45. The monoisotopic (exact) mass is 199 g/mol. The van der Waals surface area contributed by atoms with Gasteiger partial charge in [0.15, 0.2) is 0 Å². The summed E-state index contributed by atoms with van der Waals surface area (Å²) in [5.41, 5.74) is 0.750. The van der Waals surface area contributed by atoms with E-state index in [9.17, 15) is 4.79 Å². The number of alkyl carbamates (subject to hydrolysis) is 1. The average Bonchev–Trinajstić information content (AvgIpc) is 2.84. The van der Waals surface area contributed by atoms with Gasteiger partial charge in [0.2, 0.25) is 0 Å². The molecule has 0 aliphatic heterocycles. The van der Waals surface area contributed by atoms with Crippen LogP contribution in [-0.2, 0) is 4.74 Å². The first-order valence-corrected chi connectivity index (χ1v) is 5.26. The quantitative estimate of drug-likeness (QED) is 0.758. The van der Waals surface area contributed by atoms with E-state index in [0.29, 0.717) is 17.4 Å². The first kappa shape index (κ1) is 11.3. The number of hydrogen-bond donors (Lipinski definition) is 1. The Kier molecular flexibility index (Phi) is 3.07. The Morgan fingerprint density at radius 1 is 1.43 bits per heavy atom. The summed E-state index contributed by atoms with van der Waals surface area (Å²) in [7, 11) is 1.58. The highest BCUT2D eigenvalue weighted by Gasteiger charge is 2.51. The molecular formula is C11H21NO2. The highest BCUT2D eigenvalue weighted by atomic mass is 16.5. The molecule has 0 heterocycles. The van der Waals surface area contributed by atoms with Gasteiger partial charge in [-0.25, -0.2) is 4.79 Å². The fraction of sp³-hybridized carbons (Fsp3) is 0.909. The van der Waals surface area contributed by atoms with Crippen molar-refractivity contribution in [3.63, 3.8) is 0 Å². The summed E-state index contributed by atoms with van der Waals surface area (Å²) in [5.74, 6) is 0. The molecule has 82 valence electrons. The lowest BCUT2D eigenvalue weighted by Gasteiger charge is -2.30. The number of nitrogens with one attached hydrogen (secondary N) is 1. The maximum atomic E-state index is 10.8. The molecule has 0 spiro atoms. The first-order valence-electron chi connectivity index (χ1n) is 5.26. The topological polar surface area (TPSA) is 38.3 Å². The Balaban J connectivity index is 2.28. The molecule has 1 aliphatic carbocycles. The zero-order valence-electron chi connectivity index (χ0n) is 9.64. The minimum atomic E-state index is -0.324. The third-order valence-corrected chi connectivity index (χ3v) is 3.46. The van der Waals surface area contributed by atoms with Crippen LogP contribution in [-0.4, -0.2) is 19.7 Å². The second-order valence-corrected chi connectivity index (χ2v) is 5.17. The Labute approximate surface area is 86.2 Å². The third kappa shape index (κ3) is 2.40. The molecule has 0 radical (unpaired) electrons. The predicted molar refractivity (Wildman–Crippen MR) is 56.1 cm³/mol. The molecule has 0 bridgehead atoms. The van der Waals surface area contributed by atoms with Gasteiger partial charge in [-0.1, -0.05) is 20.8 Å². The van der Waals surface area contributed by atoms with Gasteiger partial charge >= 0.3 is 6.09 Å². The van der Waals surface area contributed by atoms with Crippen molar-refractivity contribution >= 4 is 6.09 Å². The van der Waals surface area contributed by atoms with Gasteiger partial charge in [-0.2, -0.15) is 0 Å². The molecule has 0 aromatic heterocycles. The lowest BCUT2D eigenvalue weighted by Crippen LogP contribution is -2.26. The highest BCUT2D eigenvalue weighted by Crippen LogP contribution is 2.60. The molecule has 3 nitrogen and oxygen atoms in total. The number of rotatable bonds is 3. The van der Waals surface area contributed by atoms with Gasteiger partial charge in [0.25, 0.3) is 0 Å². The van der Waals surface area contributed by atoms with Crippen molar-refractivity contribution < 1.29 is 9.53 Å². The van der Waals surface area contributed by atoms with Gasteiger partial charge in [-0.3, -0.25) is 0 Å². The predicted octanol–water partition coefficient (Wildman–Crippen LogP) is 2.56. The molecule has 0 atom stereocenters. The SMILES string of the molecule is CNC(=O)OCCC1(C(C)(C)C)CC1. The maximum absolute atomic E-state index is 10.8. The van der Waals surface area contributed by atoms with E-state index in [1.54, 1.807) is 7.05 Å². The van der Waals surface area contributed by atoms with Gasteiger partial charge in [-0.05, 0) is 30.1 Å². The Morgan fingerprint density at radius 3 is 2.36 bits per heavy atom. The van der Waals surface area contributed by atoms with Crippen molar-refractivity contribution in [3.05, 3.63) is 0 Å². The molecular weight excluding hydrogens is 178 g/mol. The van der Waals surface area contributed by atoms with E-state index >= 15 is 0 Å². The number of carbonyl (C=O) groups excluding carboxylic acids is 1. The summed E-state index contributed by atoms with van der Waals surface area (Å²) in [6.45, 7) is 7.33. The van der Waals surface area contributed by atoms with Gasteiger partial charge in [0, 0.05) is 7.05 Å². The van der Waals surface area contributed by atoms with Crippen molar-refractivity contribution in [1.29, 1.82) is 0 Å². The van der Waals surface area contributed by atoms with Crippen molar-refractivity contribution in [2.24, 2.45) is 10.8 Å². The third-order valence-electron chi connectivity index (χ3n) is 3.46. The van der Waals surface area contributed by atoms with Crippen LogP contribution in [0.1, 0.15) is 40.0 Å². The molecule has 0 aromatic carbocycles. The van der Waals surface area contributed by atoms with Crippen LogP contribution in [0.5, 0.6) is 0 Å². The van der Waals surface area contributed by atoms with Gasteiger partial charge < -0.3 is 10.1 Å². The molecule has 0 saturated heterocycles. The zero-order valence-corrected chi connectivity index (χ0v) is 9.64. The normalized spacial score (nSPS) is 18.9. The Hall–Kier alpha value is -0.730. The van der Waals surface area contributed by atoms with Crippen LogP contribution < -0.4 is 5.32 Å². The van der Waals surface area contributed by atoms with Crippen LogP contribution in [0, 0.1) is 10.8 Å². The standard InChI is InChI=1S/C11H21NO2/c1-10(2,3)11(5-6-11)7-8-14-9(13)12-4/h5-8H2,1-4H3,(H,12,13). The van der Waals surface area contributed by atoms with Crippen molar-refractivity contribution in [1.82, 2.24) is 5.32 Å². The van der Waals surface area contributed by atoms with Crippen molar-refractivity contribution in [2.45, 2.75) is 40.0 Å². The van der Waals surface area contributed by atoms with E-state index in [1.165, 1.54) is 12.8 Å². The largest absolute Gasteiger partial charge is 0.450 e. The number of hydrogen-bond acceptors (Lipinski definition) is 2. The molecule has 1 saturated carbocycles. The minimum absolute atomic E-state index is 0.324. The van der Waals surface area contributed by atoms with E-state index in [0.717, 1.165) is 6.42 Å². The van der Waals surface area contributed by atoms with E-state index in [-0.39, 0.29) is 6.09 Å². The Morgan fingerprint density at radius 2 is 2.00 bits per heavy atom. The van der Waals surface area contributed by atoms with Crippen molar-refractivity contribution in [3.8, 4) is 0 Å². The van der Waals surface area contributed by atoms with Crippen LogP contribution in [0.2, 0.25) is 0 Å². The molecule has 0 unspecified atom stereocenters. The number of ether oxygens (including phenoxy) is 1. The number of amides is 1. The second kappa shape index (κ2) is 3.79. The van der Waals surface area contributed by atoms with E-state index < -0.39 is 0 Å². The molecule has 14 heavy (non-hydrogen) atoms. The van der Waals surface area contributed by atoms with Crippen LogP contribution >= 0.6 is 0 Å². The molecule has 1 aliphatic rings. The molecule has 1 N–H and O–H groups in total. The summed E-state index contributed by atoms with van der Waals surface area (Å²) in [6.07, 6.45) is 3.21. The maximum Gasteiger partial charge on any atom is 0.406 e. The average molecular weight is 199 g/mol. The highest BCUT2D eigenvalue weighted by molar-refractivity contribution is 5.66. The Bertz CT molecular complexity index is 214. The van der Waals surface area contributed by atoms with Gasteiger partial charge in [-0.15, -0.1) is 0 Å². The van der Waals surface area contributed by atoms with Crippen LogP contribution in [0.25, 0.3) is 0 Å². The summed E-state index contributed by atoms with van der Waals surface area (Å²) in [4.78, 5) is 10.8. The van der Waals surface area contributed by atoms with E-state index in [2.05, 4.69) is 26.1 Å². The first-order chi connectivity index (χ1) is 6.41. The van der Waals surface area contributed by atoms with Crippen LogP contribution in [0.15, 0.2) is 0 Å². The molecule has 1 rings (SSSR count). The van der Waals surface area contributed by atoms with Gasteiger partial charge in [0.05, 0.1) is 6.61 Å². The zero-order chi connectivity index (χ0) is 10.8. The van der Waals surface area contributed by atoms with Gasteiger partial charge in [0.1, 0.15) is 0 Å². The summed E-state index contributed by atoms with van der Waals surface area (Å²) >= 11 is 0. The summed E-state index contributed by atoms with van der Waals surface area (Å²) in [6, 6.07) is 0. The molecule has 3 heteroatoms. The lowest BCUT2D eigenvalue weighted by molar-refractivity contribution is 0.114.